The van der Waals surface area contributed by atoms with Crippen LogP contribution in [0.25, 0.3) is 21.8 Å². The first kappa shape index (κ1) is 18.5. The minimum atomic E-state index is -0.200. The van der Waals surface area contributed by atoms with Crippen LogP contribution in [0.15, 0.2) is 42.5 Å². The number of aliphatic hydroxyl groups excluding tert-OH is 1. The Morgan fingerprint density at radius 1 is 1.04 bits per heavy atom. The van der Waals surface area contributed by atoms with Gasteiger partial charge in [0.15, 0.2) is 0 Å². The number of aliphatic hydroxyl groups is 1. The average Bonchev–Trinajstić information content (AvgIpc) is 3.02. The number of fused-ring (bicyclic) bond motifs is 3. The molecule has 2 aromatic carbocycles. The van der Waals surface area contributed by atoms with E-state index in [1.54, 1.807) is 0 Å². The highest BCUT2D eigenvalue weighted by atomic mass is 16.3. The van der Waals surface area contributed by atoms with Gasteiger partial charge in [-0.25, -0.2) is 0 Å². The molecule has 0 saturated carbocycles. The van der Waals surface area contributed by atoms with E-state index in [4.69, 9.17) is 0 Å². The zero-order chi connectivity index (χ0) is 19.0. The minimum absolute atomic E-state index is 0.177. The number of rotatable bonds is 5. The van der Waals surface area contributed by atoms with Crippen LogP contribution >= 0.6 is 0 Å². The van der Waals surface area contributed by atoms with Crippen molar-refractivity contribution in [3.8, 4) is 0 Å². The molecule has 3 aromatic rings. The molecule has 0 unspecified atom stereocenters. The van der Waals surface area contributed by atoms with Crippen LogP contribution in [0.2, 0.25) is 0 Å². The summed E-state index contributed by atoms with van der Waals surface area (Å²) in [5.41, 5.74) is 3.70. The SMILES string of the molecule is CCn1c2ccccc2c2cc([C@@H](N3CCNCC3)C(C)(C)CO)ccc21. The van der Waals surface area contributed by atoms with Crippen LogP contribution in [0.1, 0.15) is 32.4 Å². The predicted octanol–water partition coefficient (Wildman–Crippen LogP) is 3.78. The molecule has 2 N–H and O–H groups in total. The van der Waals surface area contributed by atoms with Gasteiger partial charge in [0.2, 0.25) is 0 Å². The first-order valence-corrected chi connectivity index (χ1v) is 10.1. The Balaban J connectivity index is 1.89. The quantitative estimate of drug-likeness (QED) is 0.723. The molecular weight excluding hydrogens is 334 g/mol. The van der Waals surface area contributed by atoms with E-state index in [9.17, 15) is 5.11 Å². The first-order valence-electron chi connectivity index (χ1n) is 10.1. The van der Waals surface area contributed by atoms with Crippen LogP contribution in [-0.4, -0.2) is 47.4 Å². The van der Waals surface area contributed by atoms with Gasteiger partial charge in [-0.1, -0.05) is 38.1 Å². The van der Waals surface area contributed by atoms with Crippen molar-refractivity contribution in [1.82, 2.24) is 14.8 Å². The largest absolute Gasteiger partial charge is 0.396 e. The molecule has 2 heterocycles. The number of hydrogen-bond donors (Lipinski definition) is 2. The molecule has 0 bridgehead atoms. The maximum Gasteiger partial charge on any atom is 0.0500 e. The van der Waals surface area contributed by atoms with Crippen molar-refractivity contribution >= 4 is 21.8 Å². The Kier molecular flexibility index (Phi) is 4.97. The van der Waals surface area contributed by atoms with Crippen LogP contribution in [-0.2, 0) is 6.54 Å². The highest BCUT2D eigenvalue weighted by molar-refractivity contribution is 6.08. The van der Waals surface area contributed by atoms with Gasteiger partial charge in [0.1, 0.15) is 0 Å². The molecule has 0 aliphatic carbocycles. The standard InChI is InChI=1S/C23H31N3O/c1-4-26-20-8-6-5-7-18(20)19-15-17(9-10-21(19)26)22(23(2,3)16-27)25-13-11-24-12-14-25/h5-10,15,22,24,27H,4,11-14,16H2,1-3H3/t22-/m1/s1. The zero-order valence-electron chi connectivity index (χ0n) is 16.7. The smallest absolute Gasteiger partial charge is 0.0500 e. The third-order valence-corrected chi connectivity index (χ3v) is 6.09. The third kappa shape index (κ3) is 3.16. The Morgan fingerprint density at radius 3 is 2.44 bits per heavy atom. The van der Waals surface area contributed by atoms with Gasteiger partial charge in [0.05, 0.1) is 0 Å². The predicted molar refractivity (Wildman–Crippen MR) is 113 cm³/mol. The van der Waals surface area contributed by atoms with E-state index in [1.165, 1.54) is 27.4 Å². The van der Waals surface area contributed by atoms with Crippen molar-refractivity contribution in [2.24, 2.45) is 5.41 Å². The molecular formula is C23H31N3O. The lowest BCUT2D eigenvalue weighted by atomic mass is 9.79. The molecule has 144 valence electrons. The number of nitrogens with one attached hydrogen (secondary N) is 1. The summed E-state index contributed by atoms with van der Waals surface area (Å²) in [6.45, 7) is 11.8. The molecule has 4 nitrogen and oxygen atoms in total. The fraction of sp³-hybridized carbons (Fsp3) is 0.478. The lowest BCUT2D eigenvalue weighted by Gasteiger charge is -2.43. The molecule has 4 rings (SSSR count). The van der Waals surface area contributed by atoms with Gasteiger partial charge in [-0.2, -0.15) is 0 Å². The summed E-state index contributed by atoms with van der Waals surface area (Å²) in [5, 5.41) is 16.2. The van der Waals surface area contributed by atoms with E-state index in [2.05, 4.69) is 78.0 Å². The maximum atomic E-state index is 10.1. The molecule has 1 saturated heterocycles. The van der Waals surface area contributed by atoms with Crippen LogP contribution < -0.4 is 5.32 Å². The Labute approximate surface area is 161 Å². The monoisotopic (exact) mass is 365 g/mol. The number of aryl methyl sites for hydroxylation is 1. The first-order chi connectivity index (χ1) is 13.1. The van der Waals surface area contributed by atoms with Crippen molar-refractivity contribution in [1.29, 1.82) is 0 Å². The van der Waals surface area contributed by atoms with Gasteiger partial charge in [-0.15, -0.1) is 0 Å². The van der Waals surface area contributed by atoms with Crippen molar-refractivity contribution in [3.05, 3.63) is 48.0 Å². The highest BCUT2D eigenvalue weighted by Gasteiger charge is 2.35. The topological polar surface area (TPSA) is 40.4 Å². The maximum absolute atomic E-state index is 10.1. The van der Waals surface area contributed by atoms with Crippen molar-refractivity contribution in [2.45, 2.75) is 33.4 Å². The van der Waals surface area contributed by atoms with E-state index in [0.29, 0.717) is 0 Å². The van der Waals surface area contributed by atoms with E-state index in [1.807, 2.05) is 0 Å². The number of nitrogens with zero attached hydrogens (tertiary/aromatic N) is 2. The van der Waals surface area contributed by atoms with Crippen LogP contribution in [0.3, 0.4) is 0 Å². The lowest BCUT2D eigenvalue weighted by Crippen LogP contribution is -2.49. The number of hydrogen-bond acceptors (Lipinski definition) is 3. The van der Waals surface area contributed by atoms with E-state index in [0.717, 1.165) is 32.7 Å². The van der Waals surface area contributed by atoms with Crippen molar-refractivity contribution < 1.29 is 5.11 Å². The second kappa shape index (κ2) is 7.27. The molecule has 1 atom stereocenters. The van der Waals surface area contributed by atoms with Gasteiger partial charge in [-0.3, -0.25) is 4.90 Å². The summed E-state index contributed by atoms with van der Waals surface area (Å²) in [7, 11) is 0. The zero-order valence-corrected chi connectivity index (χ0v) is 16.7. The van der Waals surface area contributed by atoms with Crippen LogP contribution in [0.4, 0.5) is 0 Å². The number of para-hydroxylation sites is 1. The fourth-order valence-corrected chi connectivity index (χ4v) is 4.77. The summed E-state index contributed by atoms with van der Waals surface area (Å²) in [6, 6.07) is 15.8. The summed E-state index contributed by atoms with van der Waals surface area (Å²) in [5.74, 6) is 0. The second-order valence-electron chi connectivity index (χ2n) is 8.37. The third-order valence-electron chi connectivity index (χ3n) is 6.09. The van der Waals surface area contributed by atoms with Gasteiger partial charge >= 0.3 is 0 Å². The van der Waals surface area contributed by atoms with Crippen LogP contribution in [0, 0.1) is 5.41 Å². The fourth-order valence-electron chi connectivity index (χ4n) is 4.77. The molecule has 4 heteroatoms. The van der Waals surface area contributed by atoms with Crippen LogP contribution in [0.5, 0.6) is 0 Å². The Morgan fingerprint density at radius 2 is 1.74 bits per heavy atom. The van der Waals surface area contributed by atoms with E-state index >= 15 is 0 Å². The Bertz CT molecular complexity index is 937. The molecule has 1 fully saturated rings. The van der Waals surface area contributed by atoms with Gasteiger partial charge in [-0.05, 0) is 30.7 Å². The molecule has 1 aromatic heterocycles. The Hall–Kier alpha value is -1.88. The number of aromatic nitrogens is 1. The molecule has 0 amide bonds. The summed E-state index contributed by atoms with van der Waals surface area (Å²) in [6.07, 6.45) is 0. The molecule has 0 spiro atoms. The molecule has 0 radical (unpaired) electrons. The molecule has 1 aliphatic heterocycles. The lowest BCUT2D eigenvalue weighted by molar-refractivity contribution is 0.0306. The van der Waals surface area contributed by atoms with E-state index in [-0.39, 0.29) is 18.1 Å². The summed E-state index contributed by atoms with van der Waals surface area (Å²) < 4.78 is 2.39. The van der Waals surface area contributed by atoms with E-state index < -0.39 is 0 Å². The van der Waals surface area contributed by atoms with Crippen molar-refractivity contribution in [2.75, 3.05) is 32.8 Å². The normalized spacial score (nSPS) is 17.6. The average molecular weight is 366 g/mol. The van der Waals surface area contributed by atoms with Gasteiger partial charge in [0.25, 0.3) is 0 Å². The second-order valence-corrected chi connectivity index (χ2v) is 8.37. The number of benzene rings is 2. The van der Waals surface area contributed by atoms with Gasteiger partial charge < -0.3 is 15.0 Å². The minimum Gasteiger partial charge on any atom is -0.396 e. The highest BCUT2D eigenvalue weighted by Crippen LogP contribution is 2.40. The summed E-state index contributed by atoms with van der Waals surface area (Å²) >= 11 is 0. The number of piperazine rings is 1. The summed E-state index contributed by atoms with van der Waals surface area (Å²) in [4.78, 5) is 2.53. The van der Waals surface area contributed by atoms with Crippen molar-refractivity contribution in [3.63, 3.8) is 0 Å². The van der Waals surface area contributed by atoms with Gasteiger partial charge in [0, 0.05) is 72.6 Å². The molecule has 1 aliphatic rings. The molecule has 27 heavy (non-hydrogen) atoms.